The predicted molar refractivity (Wildman–Crippen MR) is 77.9 cm³/mol. The average molecular weight is 323 g/mol. The van der Waals surface area contributed by atoms with Gasteiger partial charge < -0.3 is 19.9 Å². The van der Waals surface area contributed by atoms with Crippen LogP contribution in [0.5, 0.6) is 5.75 Å². The summed E-state index contributed by atoms with van der Waals surface area (Å²) in [6, 6.07) is 4.41. The number of carbonyl (C=O) groups excluding carboxylic acids is 3. The van der Waals surface area contributed by atoms with Gasteiger partial charge in [0, 0.05) is 18.9 Å². The molecule has 0 fully saturated rings. The third kappa shape index (κ3) is 6.16. The van der Waals surface area contributed by atoms with Crippen LogP contribution in [0.4, 0.5) is 0 Å². The van der Waals surface area contributed by atoms with E-state index < -0.39 is 29.9 Å². The molecule has 124 valence electrons. The summed E-state index contributed by atoms with van der Waals surface area (Å²) in [5.41, 5.74) is 0.199. The summed E-state index contributed by atoms with van der Waals surface area (Å²) in [7, 11) is 1.20. The van der Waals surface area contributed by atoms with Gasteiger partial charge >= 0.3 is 17.9 Å². The monoisotopic (exact) mass is 323 g/mol. The highest BCUT2D eigenvalue weighted by Crippen LogP contribution is 2.13. The van der Waals surface area contributed by atoms with E-state index >= 15 is 0 Å². The zero-order valence-electron chi connectivity index (χ0n) is 12.7. The smallest absolute Gasteiger partial charge is 0.326 e. The molecule has 8 nitrogen and oxygen atoms in total. The first-order valence-corrected chi connectivity index (χ1v) is 6.72. The van der Waals surface area contributed by atoms with Crippen LogP contribution in [0.2, 0.25) is 0 Å². The molecule has 0 spiro atoms. The lowest BCUT2D eigenvalue weighted by Gasteiger charge is -2.14. The van der Waals surface area contributed by atoms with E-state index in [0.29, 0.717) is 0 Å². The molecule has 0 saturated heterocycles. The Morgan fingerprint density at radius 2 is 1.78 bits per heavy atom. The number of carbonyl (C=O) groups is 4. The second-order valence-corrected chi connectivity index (χ2v) is 4.60. The standard InChI is InChI=1S/C15H17NO7/c1-9(17)23-11-5-3-10(4-6-11)14(19)16-12(15(20)21)7-8-13(18)22-2/h3-6,12H,7-8H2,1-2H3,(H,16,19)(H,20,21)/t12-/m0/s1. The fourth-order valence-corrected chi connectivity index (χ4v) is 1.70. The molecule has 0 unspecified atom stereocenters. The van der Waals surface area contributed by atoms with E-state index in [1.165, 1.54) is 38.3 Å². The zero-order chi connectivity index (χ0) is 17.4. The van der Waals surface area contributed by atoms with E-state index in [2.05, 4.69) is 10.1 Å². The van der Waals surface area contributed by atoms with E-state index in [1.807, 2.05) is 0 Å². The third-order valence-electron chi connectivity index (χ3n) is 2.85. The van der Waals surface area contributed by atoms with Crippen LogP contribution in [0.15, 0.2) is 24.3 Å². The highest BCUT2D eigenvalue weighted by Gasteiger charge is 2.21. The summed E-state index contributed by atoms with van der Waals surface area (Å²) < 4.78 is 9.26. The minimum absolute atomic E-state index is 0.0840. The highest BCUT2D eigenvalue weighted by molar-refractivity contribution is 5.96. The number of nitrogens with one attached hydrogen (secondary N) is 1. The van der Waals surface area contributed by atoms with Gasteiger partial charge in [-0.15, -0.1) is 0 Å². The van der Waals surface area contributed by atoms with E-state index in [9.17, 15) is 19.2 Å². The Hall–Kier alpha value is -2.90. The maximum absolute atomic E-state index is 12.0. The molecule has 1 atom stereocenters. The van der Waals surface area contributed by atoms with E-state index in [1.54, 1.807) is 0 Å². The number of ether oxygens (including phenoxy) is 2. The molecule has 8 heteroatoms. The Balaban J connectivity index is 2.69. The largest absolute Gasteiger partial charge is 0.480 e. The van der Waals surface area contributed by atoms with Crippen LogP contribution >= 0.6 is 0 Å². The van der Waals surface area contributed by atoms with Crippen LogP contribution in [0.25, 0.3) is 0 Å². The Labute approximate surface area is 132 Å². The molecule has 0 heterocycles. The molecule has 0 aliphatic heterocycles. The molecule has 0 aliphatic carbocycles. The van der Waals surface area contributed by atoms with Crippen molar-refractivity contribution in [2.24, 2.45) is 0 Å². The third-order valence-corrected chi connectivity index (χ3v) is 2.85. The molecule has 0 bridgehead atoms. The number of hydrogen-bond acceptors (Lipinski definition) is 6. The van der Waals surface area contributed by atoms with Crippen molar-refractivity contribution in [3.8, 4) is 5.75 Å². The number of rotatable bonds is 7. The highest BCUT2D eigenvalue weighted by atomic mass is 16.5. The van der Waals surface area contributed by atoms with Crippen LogP contribution in [0.3, 0.4) is 0 Å². The molecule has 0 saturated carbocycles. The first-order valence-electron chi connectivity index (χ1n) is 6.72. The summed E-state index contributed by atoms with van der Waals surface area (Å²) in [4.78, 5) is 45.0. The molecule has 23 heavy (non-hydrogen) atoms. The summed E-state index contributed by atoms with van der Waals surface area (Å²) in [5.74, 6) is -2.64. The molecule has 0 aromatic heterocycles. The van der Waals surface area contributed by atoms with Gasteiger partial charge in [0.1, 0.15) is 11.8 Å². The molecule has 0 radical (unpaired) electrons. The van der Waals surface area contributed by atoms with Gasteiger partial charge in [0.25, 0.3) is 5.91 Å². The van der Waals surface area contributed by atoms with Crippen molar-refractivity contribution in [2.75, 3.05) is 7.11 Å². The summed E-state index contributed by atoms with van der Waals surface area (Å²) >= 11 is 0. The number of amides is 1. The number of esters is 2. The van der Waals surface area contributed by atoms with Gasteiger partial charge in [-0.2, -0.15) is 0 Å². The normalized spacial score (nSPS) is 11.2. The van der Waals surface area contributed by atoms with Gasteiger partial charge in [-0.25, -0.2) is 4.79 Å². The average Bonchev–Trinajstić information content (AvgIpc) is 2.50. The minimum Gasteiger partial charge on any atom is -0.480 e. The van der Waals surface area contributed by atoms with Crippen molar-refractivity contribution in [1.82, 2.24) is 5.32 Å². The van der Waals surface area contributed by atoms with Gasteiger partial charge in [-0.1, -0.05) is 0 Å². The predicted octanol–water partition coefficient (Wildman–Crippen LogP) is 0.748. The Morgan fingerprint density at radius 3 is 2.26 bits per heavy atom. The molecule has 2 N–H and O–H groups in total. The van der Waals surface area contributed by atoms with E-state index in [-0.39, 0.29) is 24.2 Å². The van der Waals surface area contributed by atoms with Gasteiger partial charge in [0.05, 0.1) is 7.11 Å². The van der Waals surface area contributed by atoms with Crippen LogP contribution in [0, 0.1) is 0 Å². The van der Waals surface area contributed by atoms with Crippen molar-refractivity contribution < 1.29 is 33.8 Å². The quantitative estimate of drug-likeness (QED) is 0.561. The summed E-state index contributed by atoms with van der Waals surface area (Å²) in [6.45, 7) is 1.25. The zero-order valence-corrected chi connectivity index (χ0v) is 12.7. The first-order chi connectivity index (χ1) is 10.8. The Morgan fingerprint density at radius 1 is 1.17 bits per heavy atom. The maximum atomic E-state index is 12.0. The first kappa shape index (κ1) is 18.1. The van der Waals surface area contributed by atoms with Gasteiger partial charge in [-0.3, -0.25) is 14.4 Å². The van der Waals surface area contributed by atoms with Gasteiger partial charge in [0.2, 0.25) is 0 Å². The van der Waals surface area contributed by atoms with Crippen molar-refractivity contribution in [3.05, 3.63) is 29.8 Å². The maximum Gasteiger partial charge on any atom is 0.326 e. The second kappa shape index (κ2) is 8.52. The van der Waals surface area contributed by atoms with Crippen molar-refractivity contribution >= 4 is 23.8 Å². The molecule has 1 rings (SSSR count). The van der Waals surface area contributed by atoms with Gasteiger partial charge in [0.15, 0.2) is 0 Å². The van der Waals surface area contributed by atoms with Crippen LogP contribution in [-0.2, 0) is 19.1 Å². The van der Waals surface area contributed by atoms with E-state index in [4.69, 9.17) is 9.84 Å². The van der Waals surface area contributed by atoms with Crippen LogP contribution in [-0.4, -0.2) is 42.1 Å². The fourth-order valence-electron chi connectivity index (χ4n) is 1.70. The number of carboxylic acids is 1. The topological polar surface area (TPSA) is 119 Å². The number of methoxy groups -OCH3 is 1. The lowest BCUT2D eigenvalue weighted by atomic mass is 10.1. The minimum atomic E-state index is -1.25. The number of benzene rings is 1. The molecular formula is C15H17NO7. The molecule has 0 aliphatic rings. The van der Waals surface area contributed by atoms with Crippen LogP contribution in [0.1, 0.15) is 30.1 Å². The second-order valence-electron chi connectivity index (χ2n) is 4.60. The van der Waals surface area contributed by atoms with Crippen LogP contribution < -0.4 is 10.1 Å². The summed E-state index contributed by atoms with van der Waals surface area (Å²) in [6.07, 6.45) is -0.210. The number of carboxylic acid groups (broad SMARTS) is 1. The molecule has 1 aromatic rings. The molecule has 1 amide bonds. The number of hydrogen-bond donors (Lipinski definition) is 2. The van der Waals surface area contributed by atoms with Gasteiger partial charge in [-0.05, 0) is 30.7 Å². The lowest BCUT2D eigenvalue weighted by Crippen LogP contribution is -2.41. The number of aliphatic carboxylic acids is 1. The Kier molecular flexibility index (Phi) is 6.72. The van der Waals surface area contributed by atoms with Crippen molar-refractivity contribution in [2.45, 2.75) is 25.8 Å². The molecular weight excluding hydrogens is 306 g/mol. The SMILES string of the molecule is COC(=O)CC[C@H](NC(=O)c1ccc(OC(C)=O)cc1)C(=O)O. The van der Waals surface area contributed by atoms with Crippen molar-refractivity contribution in [1.29, 1.82) is 0 Å². The fraction of sp³-hybridized carbons (Fsp3) is 0.333. The Bertz CT molecular complexity index is 594. The molecule has 1 aromatic carbocycles. The van der Waals surface area contributed by atoms with E-state index in [0.717, 1.165) is 0 Å². The summed E-state index contributed by atoms with van der Waals surface area (Å²) in [5, 5.41) is 11.4. The lowest BCUT2D eigenvalue weighted by molar-refractivity contribution is -0.142. The van der Waals surface area contributed by atoms with Crippen molar-refractivity contribution in [3.63, 3.8) is 0 Å².